The Morgan fingerprint density at radius 1 is 1.21 bits per heavy atom. The van der Waals surface area contributed by atoms with Gasteiger partial charge in [0.1, 0.15) is 0 Å². The second kappa shape index (κ2) is 4.30. The molecule has 0 radical (unpaired) electrons. The topological polar surface area (TPSA) is 41.1 Å². The van der Waals surface area contributed by atoms with Crippen molar-refractivity contribution in [3.63, 3.8) is 0 Å². The molecule has 0 aromatic rings. The maximum atomic E-state index is 11.7. The summed E-state index contributed by atoms with van der Waals surface area (Å²) in [6, 6.07) is 0.383. The molecule has 80 valence electrons. The Hall–Kier alpha value is -0.570. The average molecular weight is 196 g/mol. The van der Waals surface area contributed by atoms with Gasteiger partial charge in [0.2, 0.25) is 5.91 Å². The van der Waals surface area contributed by atoms with Crippen LogP contribution in [0.25, 0.3) is 0 Å². The fourth-order valence-electron chi connectivity index (χ4n) is 2.63. The zero-order valence-corrected chi connectivity index (χ0v) is 8.88. The van der Waals surface area contributed by atoms with Crippen molar-refractivity contribution < 1.29 is 4.79 Å². The van der Waals surface area contributed by atoms with Gasteiger partial charge in [0, 0.05) is 12.6 Å². The van der Waals surface area contributed by atoms with Crippen LogP contribution in [0.3, 0.4) is 0 Å². The molecule has 2 rings (SSSR count). The van der Waals surface area contributed by atoms with E-state index in [-0.39, 0.29) is 11.9 Å². The lowest BCUT2D eigenvalue weighted by molar-refractivity contribution is -0.127. The SMILES string of the molecule is C[C@H]1CN[C@H](C2CCCCC2)C(=O)N1. The van der Waals surface area contributed by atoms with Crippen LogP contribution in [0, 0.1) is 5.92 Å². The minimum absolute atomic E-state index is 0.0894. The summed E-state index contributed by atoms with van der Waals surface area (Å²) in [5, 5.41) is 6.40. The largest absolute Gasteiger partial charge is 0.351 e. The summed E-state index contributed by atoms with van der Waals surface area (Å²) in [5.41, 5.74) is 0. The quantitative estimate of drug-likeness (QED) is 0.658. The molecule has 1 heterocycles. The summed E-state index contributed by atoms with van der Waals surface area (Å²) in [4.78, 5) is 11.7. The summed E-state index contributed by atoms with van der Waals surface area (Å²) in [6.07, 6.45) is 6.39. The third-order valence-electron chi connectivity index (χ3n) is 3.44. The number of nitrogens with one attached hydrogen (secondary N) is 2. The maximum Gasteiger partial charge on any atom is 0.237 e. The highest BCUT2D eigenvalue weighted by Crippen LogP contribution is 2.27. The number of carbonyl (C=O) groups excluding carboxylic acids is 1. The molecule has 14 heavy (non-hydrogen) atoms. The molecule has 0 unspecified atom stereocenters. The highest BCUT2D eigenvalue weighted by atomic mass is 16.2. The Labute approximate surface area is 85.6 Å². The van der Waals surface area contributed by atoms with E-state index in [1.54, 1.807) is 0 Å². The fourth-order valence-corrected chi connectivity index (χ4v) is 2.63. The van der Waals surface area contributed by atoms with Gasteiger partial charge in [-0.2, -0.15) is 0 Å². The first-order valence-electron chi connectivity index (χ1n) is 5.81. The van der Waals surface area contributed by atoms with E-state index < -0.39 is 0 Å². The van der Waals surface area contributed by atoms with Crippen molar-refractivity contribution in [1.82, 2.24) is 10.6 Å². The number of piperazine rings is 1. The lowest BCUT2D eigenvalue weighted by atomic mass is 9.83. The van der Waals surface area contributed by atoms with E-state index in [1.807, 2.05) is 6.92 Å². The number of rotatable bonds is 1. The van der Waals surface area contributed by atoms with Crippen LogP contribution < -0.4 is 10.6 Å². The van der Waals surface area contributed by atoms with Gasteiger partial charge in [-0.3, -0.25) is 4.79 Å². The van der Waals surface area contributed by atoms with E-state index >= 15 is 0 Å². The predicted molar refractivity (Wildman–Crippen MR) is 56.0 cm³/mol. The molecule has 2 fully saturated rings. The molecular weight excluding hydrogens is 176 g/mol. The van der Waals surface area contributed by atoms with Gasteiger partial charge in [0.05, 0.1) is 6.04 Å². The fraction of sp³-hybridized carbons (Fsp3) is 0.909. The van der Waals surface area contributed by atoms with Crippen molar-refractivity contribution in [3.8, 4) is 0 Å². The van der Waals surface area contributed by atoms with Crippen molar-refractivity contribution in [2.75, 3.05) is 6.54 Å². The summed E-state index contributed by atoms with van der Waals surface area (Å²) in [5.74, 6) is 0.798. The standard InChI is InChI=1S/C11H20N2O/c1-8-7-12-10(11(14)13-8)9-5-3-2-4-6-9/h8-10,12H,2-7H2,1H3,(H,13,14)/t8-,10+/m0/s1. The number of amides is 1. The van der Waals surface area contributed by atoms with Crippen LogP contribution in [-0.4, -0.2) is 24.5 Å². The molecule has 3 heteroatoms. The third-order valence-corrected chi connectivity index (χ3v) is 3.44. The first kappa shape index (κ1) is 9.97. The molecular formula is C11H20N2O. The Morgan fingerprint density at radius 3 is 2.57 bits per heavy atom. The van der Waals surface area contributed by atoms with Crippen LogP contribution in [0.2, 0.25) is 0 Å². The summed E-state index contributed by atoms with van der Waals surface area (Å²) in [6.45, 7) is 2.97. The predicted octanol–water partition coefficient (Wildman–Crippen LogP) is 1.04. The Morgan fingerprint density at radius 2 is 1.93 bits per heavy atom. The molecule has 0 bridgehead atoms. The molecule has 1 saturated heterocycles. The highest BCUT2D eigenvalue weighted by molar-refractivity contribution is 5.83. The minimum Gasteiger partial charge on any atom is -0.351 e. The van der Waals surface area contributed by atoms with Crippen molar-refractivity contribution >= 4 is 5.91 Å². The maximum absolute atomic E-state index is 11.7. The zero-order valence-electron chi connectivity index (χ0n) is 8.88. The van der Waals surface area contributed by atoms with Crippen molar-refractivity contribution in [1.29, 1.82) is 0 Å². The first-order valence-corrected chi connectivity index (χ1v) is 5.81. The lowest BCUT2D eigenvalue weighted by Gasteiger charge is -2.35. The van der Waals surface area contributed by atoms with Gasteiger partial charge in [0.15, 0.2) is 0 Å². The van der Waals surface area contributed by atoms with Crippen LogP contribution >= 0.6 is 0 Å². The Bertz CT molecular complexity index is 211. The van der Waals surface area contributed by atoms with E-state index in [4.69, 9.17) is 0 Å². The summed E-state index contributed by atoms with van der Waals surface area (Å²) < 4.78 is 0. The van der Waals surface area contributed by atoms with Crippen LogP contribution in [0.15, 0.2) is 0 Å². The Kier molecular flexibility index (Phi) is 3.06. The second-order valence-electron chi connectivity index (χ2n) is 4.69. The number of hydrogen-bond donors (Lipinski definition) is 2. The molecule has 2 atom stereocenters. The average Bonchev–Trinajstić information content (AvgIpc) is 2.19. The van der Waals surface area contributed by atoms with E-state index in [0.717, 1.165) is 6.54 Å². The van der Waals surface area contributed by atoms with Gasteiger partial charge < -0.3 is 10.6 Å². The smallest absolute Gasteiger partial charge is 0.237 e. The van der Waals surface area contributed by atoms with Crippen molar-refractivity contribution in [3.05, 3.63) is 0 Å². The molecule has 2 aliphatic rings. The van der Waals surface area contributed by atoms with E-state index in [9.17, 15) is 4.79 Å². The molecule has 1 saturated carbocycles. The molecule has 3 nitrogen and oxygen atoms in total. The Balaban J connectivity index is 1.92. The second-order valence-corrected chi connectivity index (χ2v) is 4.69. The van der Waals surface area contributed by atoms with Gasteiger partial charge in [0.25, 0.3) is 0 Å². The lowest BCUT2D eigenvalue weighted by Crippen LogP contribution is -2.59. The van der Waals surface area contributed by atoms with Crippen LogP contribution in [0.4, 0.5) is 0 Å². The first-order chi connectivity index (χ1) is 6.77. The molecule has 0 spiro atoms. The van der Waals surface area contributed by atoms with E-state index in [0.29, 0.717) is 12.0 Å². The van der Waals surface area contributed by atoms with Crippen LogP contribution in [0.1, 0.15) is 39.0 Å². The number of hydrogen-bond acceptors (Lipinski definition) is 2. The molecule has 1 amide bonds. The van der Waals surface area contributed by atoms with Gasteiger partial charge in [-0.1, -0.05) is 19.3 Å². The van der Waals surface area contributed by atoms with Gasteiger partial charge in [-0.25, -0.2) is 0 Å². The third kappa shape index (κ3) is 2.08. The zero-order chi connectivity index (χ0) is 9.97. The van der Waals surface area contributed by atoms with Gasteiger partial charge >= 0.3 is 0 Å². The van der Waals surface area contributed by atoms with E-state index in [1.165, 1.54) is 32.1 Å². The molecule has 2 N–H and O–H groups in total. The summed E-state index contributed by atoms with van der Waals surface area (Å²) in [7, 11) is 0. The number of carbonyl (C=O) groups is 1. The van der Waals surface area contributed by atoms with Gasteiger partial charge in [-0.15, -0.1) is 0 Å². The molecule has 1 aliphatic heterocycles. The molecule has 1 aliphatic carbocycles. The normalized spacial score (nSPS) is 35.4. The molecule has 0 aromatic carbocycles. The molecule has 0 aromatic heterocycles. The van der Waals surface area contributed by atoms with Crippen molar-refractivity contribution in [2.45, 2.75) is 51.1 Å². The van der Waals surface area contributed by atoms with Gasteiger partial charge in [-0.05, 0) is 25.7 Å². The highest BCUT2D eigenvalue weighted by Gasteiger charge is 2.32. The minimum atomic E-state index is 0.0894. The van der Waals surface area contributed by atoms with Crippen LogP contribution in [-0.2, 0) is 4.79 Å². The van der Waals surface area contributed by atoms with Crippen molar-refractivity contribution in [2.24, 2.45) is 5.92 Å². The monoisotopic (exact) mass is 196 g/mol. The van der Waals surface area contributed by atoms with Crippen LogP contribution in [0.5, 0.6) is 0 Å². The summed E-state index contributed by atoms with van der Waals surface area (Å²) >= 11 is 0. The van der Waals surface area contributed by atoms with E-state index in [2.05, 4.69) is 10.6 Å².